The molecule has 0 amide bonds. The molecule has 0 bridgehead atoms. The van der Waals surface area contributed by atoms with Crippen LogP contribution in [0.1, 0.15) is 6.92 Å². The normalized spacial score (nSPS) is 12.8. The van der Waals surface area contributed by atoms with E-state index in [-0.39, 0.29) is 6.04 Å². The Morgan fingerprint density at radius 2 is 2.24 bits per heavy atom. The van der Waals surface area contributed by atoms with Crippen molar-refractivity contribution in [2.45, 2.75) is 13.0 Å². The minimum absolute atomic E-state index is 0.136. The lowest BCUT2D eigenvalue weighted by Gasteiger charge is -2.12. The Bertz CT molecular complexity index is 1040. The molecule has 25 heavy (non-hydrogen) atoms. The molecule has 0 unspecified atom stereocenters. The van der Waals surface area contributed by atoms with E-state index in [0.717, 1.165) is 33.2 Å². The van der Waals surface area contributed by atoms with Crippen LogP contribution in [-0.4, -0.2) is 49.7 Å². The molecule has 3 heterocycles. The van der Waals surface area contributed by atoms with E-state index < -0.39 is 0 Å². The number of fused-ring (bicyclic) bond motifs is 2. The van der Waals surface area contributed by atoms with Gasteiger partial charge in [-0.15, -0.1) is 5.10 Å². The van der Waals surface area contributed by atoms with Gasteiger partial charge in [-0.25, -0.2) is 9.67 Å². The van der Waals surface area contributed by atoms with E-state index in [0.29, 0.717) is 12.6 Å². The number of H-pyrrole nitrogens is 1. The number of hydrogen-bond donors (Lipinski definition) is 2. The molecule has 4 rings (SSSR count). The number of methoxy groups -OCH3 is 1. The van der Waals surface area contributed by atoms with Gasteiger partial charge in [0.15, 0.2) is 0 Å². The quantitative estimate of drug-likeness (QED) is 0.581. The lowest BCUT2D eigenvalue weighted by Crippen LogP contribution is -2.22. The molecule has 8 nitrogen and oxygen atoms in total. The molecule has 1 aromatic carbocycles. The van der Waals surface area contributed by atoms with E-state index in [9.17, 15) is 0 Å². The highest BCUT2D eigenvalue weighted by Gasteiger charge is 2.12. The first-order valence-electron chi connectivity index (χ1n) is 8.05. The number of benzene rings is 1. The molecular formula is C17H19N7O. The summed E-state index contributed by atoms with van der Waals surface area (Å²) in [5, 5.41) is 12.4. The predicted molar refractivity (Wildman–Crippen MR) is 96.4 cm³/mol. The molecule has 0 fully saturated rings. The summed E-state index contributed by atoms with van der Waals surface area (Å²) < 4.78 is 6.89. The van der Waals surface area contributed by atoms with Crippen LogP contribution in [0.4, 0.5) is 5.95 Å². The maximum Gasteiger partial charge on any atom is 0.224 e. The molecule has 0 saturated carbocycles. The van der Waals surface area contributed by atoms with Crippen LogP contribution in [0.15, 0.2) is 30.6 Å². The molecule has 2 N–H and O–H groups in total. The van der Waals surface area contributed by atoms with Crippen LogP contribution in [-0.2, 0) is 11.8 Å². The van der Waals surface area contributed by atoms with Crippen molar-refractivity contribution in [1.82, 2.24) is 29.9 Å². The fourth-order valence-corrected chi connectivity index (χ4v) is 2.93. The van der Waals surface area contributed by atoms with Crippen LogP contribution in [0.3, 0.4) is 0 Å². The van der Waals surface area contributed by atoms with Gasteiger partial charge in [0, 0.05) is 43.5 Å². The number of rotatable bonds is 5. The van der Waals surface area contributed by atoms with Gasteiger partial charge in [0.25, 0.3) is 0 Å². The molecule has 0 spiro atoms. The molecule has 1 atom stereocenters. The zero-order valence-corrected chi connectivity index (χ0v) is 14.3. The molecule has 0 aliphatic rings. The second kappa shape index (κ2) is 6.14. The minimum atomic E-state index is 0.136. The maximum absolute atomic E-state index is 5.13. The number of nitrogens with zero attached hydrogens (tertiary/aromatic N) is 5. The van der Waals surface area contributed by atoms with Gasteiger partial charge >= 0.3 is 0 Å². The molecule has 0 aliphatic heterocycles. The van der Waals surface area contributed by atoms with Crippen LogP contribution in [0.5, 0.6) is 0 Å². The van der Waals surface area contributed by atoms with Gasteiger partial charge < -0.3 is 15.0 Å². The first-order valence-corrected chi connectivity index (χ1v) is 8.05. The smallest absolute Gasteiger partial charge is 0.224 e. The third kappa shape index (κ3) is 2.80. The van der Waals surface area contributed by atoms with Crippen molar-refractivity contribution in [3.8, 4) is 11.1 Å². The van der Waals surface area contributed by atoms with Crippen molar-refractivity contribution in [1.29, 1.82) is 0 Å². The van der Waals surface area contributed by atoms with E-state index in [1.807, 2.05) is 38.5 Å². The lowest BCUT2D eigenvalue weighted by atomic mass is 10.1. The average Bonchev–Trinajstić information content (AvgIpc) is 3.18. The standard InChI is InChI=1S/C17H19N7O/c1-10(9-25-3)20-17-19-8-13-12(7-18-16(13)21-17)11-4-5-14-15(6-11)24(2)23-22-14/h4-8,10H,9H2,1-3H3,(H2,18,19,20,21)/t10-/m0/s1. The number of ether oxygens (including phenoxy) is 1. The van der Waals surface area contributed by atoms with Crippen LogP contribution >= 0.6 is 0 Å². The van der Waals surface area contributed by atoms with E-state index in [4.69, 9.17) is 4.74 Å². The highest BCUT2D eigenvalue weighted by atomic mass is 16.5. The zero-order chi connectivity index (χ0) is 17.4. The van der Waals surface area contributed by atoms with Crippen molar-refractivity contribution < 1.29 is 4.74 Å². The summed E-state index contributed by atoms with van der Waals surface area (Å²) in [6.07, 6.45) is 3.79. The molecule has 0 aliphatic carbocycles. The SMILES string of the molecule is COC[C@H](C)Nc1ncc2c(-c3ccc4nnn(C)c4c3)c[nH]c2n1. The van der Waals surface area contributed by atoms with E-state index >= 15 is 0 Å². The van der Waals surface area contributed by atoms with Crippen molar-refractivity contribution in [3.63, 3.8) is 0 Å². The van der Waals surface area contributed by atoms with Crippen molar-refractivity contribution in [2.75, 3.05) is 19.0 Å². The first-order chi connectivity index (χ1) is 12.2. The minimum Gasteiger partial charge on any atom is -0.383 e. The zero-order valence-electron chi connectivity index (χ0n) is 14.3. The first kappa shape index (κ1) is 15.5. The van der Waals surface area contributed by atoms with E-state index in [1.54, 1.807) is 11.8 Å². The molecule has 3 aromatic heterocycles. The highest BCUT2D eigenvalue weighted by molar-refractivity contribution is 5.95. The third-order valence-electron chi connectivity index (χ3n) is 4.15. The topological polar surface area (TPSA) is 93.5 Å². The largest absolute Gasteiger partial charge is 0.383 e. The Balaban J connectivity index is 1.71. The summed E-state index contributed by atoms with van der Waals surface area (Å²) in [6.45, 7) is 2.62. The Morgan fingerprint density at radius 1 is 1.36 bits per heavy atom. The fourth-order valence-electron chi connectivity index (χ4n) is 2.93. The fraction of sp³-hybridized carbons (Fsp3) is 0.294. The summed E-state index contributed by atoms with van der Waals surface area (Å²) in [4.78, 5) is 12.2. The molecule has 128 valence electrons. The van der Waals surface area contributed by atoms with Crippen molar-refractivity contribution in [2.24, 2.45) is 7.05 Å². The Morgan fingerprint density at radius 3 is 3.08 bits per heavy atom. The van der Waals surface area contributed by atoms with Gasteiger partial charge in [0.05, 0.1) is 12.1 Å². The second-order valence-corrected chi connectivity index (χ2v) is 6.08. The van der Waals surface area contributed by atoms with Crippen molar-refractivity contribution >= 4 is 28.0 Å². The van der Waals surface area contributed by atoms with Gasteiger partial charge in [0.1, 0.15) is 11.2 Å². The summed E-state index contributed by atoms with van der Waals surface area (Å²) >= 11 is 0. The lowest BCUT2D eigenvalue weighted by molar-refractivity contribution is 0.190. The molecule has 0 radical (unpaired) electrons. The molecule has 4 aromatic rings. The van der Waals surface area contributed by atoms with Crippen LogP contribution in [0.2, 0.25) is 0 Å². The number of aryl methyl sites for hydroxylation is 1. The monoisotopic (exact) mass is 337 g/mol. The molecule has 8 heteroatoms. The highest BCUT2D eigenvalue weighted by Crippen LogP contribution is 2.29. The maximum atomic E-state index is 5.13. The number of hydrogen-bond acceptors (Lipinski definition) is 6. The third-order valence-corrected chi connectivity index (χ3v) is 4.15. The Labute approximate surface area is 144 Å². The van der Waals surface area contributed by atoms with Crippen LogP contribution in [0.25, 0.3) is 33.2 Å². The summed E-state index contributed by atoms with van der Waals surface area (Å²) in [6, 6.07) is 6.22. The van der Waals surface area contributed by atoms with Crippen LogP contribution in [0, 0.1) is 0 Å². The number of anilines is 1. The van der Waals surface area contributed by atoms with Gasteiger partial charge in [-0.1, -0.05) is 11.3 Å². The molecular weight excluding hydrogens is 318 g/mol. The Kier molecular flexibility index (Phi) is 3.81. The van der Waals surface area contributed by atoms with Gasteiger partial charge in [-0.2, -0.15) is 4.98 Å². The number of aromatic nitrogens is 6. The predicted octanol–water partition coefficient (Wildman–Crippen LogP) is 2.35. The average molecular weight is 337 g/mol. The van der Waals surface area contributed by atoms with Gasteiger partial charge in [0.2, 0.25) is 5.95 Å². The summed E-state index contributed by atoms with van der Waals surface area (Å²) in [5.74, 6) is 0.580. The second-order valence-electron chi connectivity index (χ2n) is 6.08. The van der Waals surface area contributed by atoms with E-state index in [1.165, 1.54) is 0 Å². The van der Waals surface area contributed by atoms with E-state index in [2.05, 4.69) is 36.6 Å². The van der Waals surface area contributed by atoms with Gasteiger partial charge in [-0.05, 0) is 24.6 Å². The number of nitrogens with one attached hydrogen (secondary N) is 2. The summed E-state index contributed by atoms with van der Waals surface area (Å²) in [5.41, 5.74) is 4.77. The molecule has 0 saturated heterocycles. The summed E-state index contributed by atoms with van der Waals surface area (Å²) in [7, 11) is 3.56. The van der Waals surface area contributed by atoms with Gasteiger partial charge in [-0.3, -0.25) is 0 Å². The van der Waals surface area contributed by atoms with Crippen molar-refractivity contribution in [3.05, 3.63) is 30.6 Å². The van der Waals surface area contributed by atoms with Crippen LogP contribution < -0.4 is 5.32 Å². The number of aromatic amines is 1. The Hall–Kier alpha value is -3.00.